The molecule has 5 nitrogen and oxygen atoms in total. The fourth-order valence-corrected chi connectivity index (χ4v) is 6.62. The van der Waals surface area contributed by atoms with Gasteiger partial charge in [0.1, 0.15) is 11.3 Å². The van der Waals surface area contributed by atoms with Crippen LogP contribution in [0.25, 0.3) is 0 Å². The minimum Gasteiger partial charge on any atom is -0.510 e. The minimum atomic E-state index is -1.35. The second-order valence-corrected chi connectivity index (χ2v) is 11.4. The molecule has 0 aromatic carbocycles. The Kier molecular flexibility index (Phi) is 5.06. The smallest absolute Gasteiger partial charge is 0.183 e. The Labute approximate surface area is 179 Å². The first kappa shape index (κ1) is 22.9. The zero-order chi connectivity index (χ0) is 23.0. The van der Waals surface area contributed by atoms with Crippen LogP contribution in [0.15, 0.2) is 23.0 Å². The molecule has 0 aromatic rings. The van der Waals surface area contributed by atoms with Gasteiger partial charge in [0.25, 0.3) is 0 Å². The number of allylic oxidation sites excluding steroid dienone is 4. The van der Waals surface area contributed by atoms with Crippen molar-refractivity contribution in [2.75, 3.05) is 0 Å². The number of hydrogen-bond acceptors (Lipinski definition) is 5. The molecule has 2 bridgehead atoms. The van der Waals surface area contributed by atoms with Crippen LogP contribution in [0.4, 0.5) is 0 Å². The summed E-state index contributed by atoms with van der Waals surface area (Å²) in [6, 6.07) is 0. The van der Waals surface area contributed by atoms with Crippen molar-refractivity contribution in [2.45, 2.75) is 80.3 Å². The molecule has 2 saturated carbocycles. The zero-order valence-electron chi connectivity index (χ0n) is 19.5. The second kappa shape index (κ2) is 6.62. The number of fused-ring (bicyclic) bond motifs is 1. The SMILES string of the molecule is CC(C)=CCC12C[C@@H]3C(C)(C)[C@@H](C(C)(C)O)C[C@]3(C(=O)C(C(=O)C(C)C)=C1O)C2=O. The van der Waals surface area contributed by atoms with Gasteiger partial charge < -0.3 is 10.2 Å². The number of aliphatic hydroxyl groups excluding tert-OH is 1. The summed E-state index contributed by atoms with van der Waals surface area (Å²) in [5.74, 6) is -2.61. The van der Waals surface area contributed by atoms with E-state index in [2.05, 4.69) is 0 Å². The van der Waals surface area contributed by atoms with E-state index in [9.17, 15) is 24.6 Å². The van der Waals surface area contributed by atoms with Gasteiger partial charge in [-0.3, -0.25) is 14.4 Å². The maximum atomic E-state index is 14.0. The van der Waals surface area contributed by atoms with Gasteiger partial charge in [-0.1, -0.05) is 39.3 Å². The number of Topliss-reactive ketones (excluding diaryl/α,β-unsaturated/α-hetero) is 3. The van der Waals surface area contributed by atoms with Crippen molar-refractivity contribution < 1.29 is 24.6 Å². The molecule has 2 fully saturated rings. The topological polar surface area (TPSA) is 91.7 Å². The van der Waals surface area contributed by atoms with Crippen molar-refractivity contribution in [1.82, 2.24) is 0 Å². The first-order valence-electron chi connectivity index (χ1n) is 11.0. The molecule has 4 atom stereocenters. The summed E-state index contributed by atoms with van der Waals surface area (Å²) >= 11 is 0. The highest BCUT2D eigenvalue weighted by molar-refractivity contribution is 6.32. The Bertz CT molecular complexity index is 878. The number of aliphatic hydroxyl groups is 2. The number of carbonyl (C=O) groups excluding carboxylic acids is 3. The predicted octanol–water partition coefficient (Wildman–Crippen LogP) is 4.34. The second-order valence-electron chi connectivity index (χ2n) is 11.4. The summed E-state index contributed by atoms with van der Waals surface area (Å²) in [5.41, 5.74) is -3.34. The summed E-state index contributed by atoms with van der Waals surface area (Å²) in [6.07, 6.45) is 2.73. The standard InChI is InChI=1S/C25H36O5/c1-13(2)9-10-24-11-16-22(5,6)15(23(7,8)30)12-25(16,21(24)29)20(28)17(19(24)27)18(26)14(3)4/h9,14-16,27,30H,10-12H2,1-8H3/t15-,16+,24?,25-/m0/s1. The van der Waals surface area contributed by atoms with Gasteiger partial charge in [0.15, 0.2) is 17.3 Å². The molecule has 3 aliphatic rings. The molecule has 3 rings (SSSR count). The summed E-state index contributed by atoms with van der Waals surface area (Å²) < 4.78 is 0. The molecular weight excluding hydrogens is 380 g/mol. The summed E-state index contributed by atoms with van der Waals surface area (Å²) in [4.78, 5) is 40.9. The van der Waals surface area contributed by atoms with E-state index in [1.807, 2.05) is 33.8 Å². The van der Waals surface area contributed by atoms with E-state index in [1.54, 1.807) is 27.7 Å². The third kappa shape index (κ3) is 2.73. The average Bonchev–Trinajstić information content (AvgIpc) is 2.97. The van der Waals surface area contributed by atoms with Gasteiger partial charge in [-0.05, 0) is 64.2 Å². The molecule has 166 valence electrons. The Morgan fingerprint density at radius 1 is 1.20 bits per heavy atom. The lowest BCUT2D eigenvalue weighted by Crippen LogP contribution is -2.50. The Balaban J connectivity index is 2.30. The molecule has 3 aliphatic carbocycles. The fraction of sp³-hybridized carbons (Fsp3) is 0.720. The third-order valence-electron chi connectivity index (χ3n) is 8.11. The van der Waals surface area contributed by atoms with Crippen molar-refractivity contribution in [2.24, 2.45) is 34.0 Å². The fourth-order valence-electron chi connectivity index (χ4n) is 6.62. The molecule has 5 heteroatoms. The quantitative estimate of drug-likeness (QED) is 0.395. The van der Waals surface area contributed by atoms with Crippen LogP contribution >= 0.6 is 0 Å². The molecule has 0 saturated heterocycles. The summed E-state index contributed by atoms with van der Waals surface area (Å²) in [6.45, 7) is 14.7. The van der Waals surface area contributed by atoms with Crippen LogP contribution in [0.5, 0.6) is 0 Å². The Morgan fingerprint density at radius 2 is 1.77 bits per heavy atom. The Hall–Kier alpha value is -1.75. The molecule has 0 heterocycles. The number of ketones is 3. The molecule has 2 N–H and O–H groups in total. The number of carbonyl (C=O) groups is 3. The lowest BCUT2D eigenvalue weighted by molar-refractivity contribution is -0.145. The highest BCUT2D eigenvalue weighted by Gasteiger charge is 2.78. The Morgan fingerprint density at radius 3 is 2.23 bits per heavy atom. The van der Waals surface area contributed by atoms with Gasteiger partial charge in [-0.15, -0.1) is 0 Å². The highest BCUT2D eigenvalue weighted by Crippen LogP contribution is 2.73. The van der Waals surface area contributed by atoms with Gasteiger partial charge in [0.2, 0.25) is 0 Å². The van der Waals surface area contributed by atoms with Crippen LogP contribution in [0.2, 0.25) is 0 Å². The van der Waals surface area contributed by atoms with E-state index in [1.165, 1.54) is 0 Å². The van der Waals surface area contributed by atoms with Crippen LogP contribution in [0.1, 0.15) is 74.7 Å². The normalized spacial score (nSPS) is 35.1. The average molecular weight is 417 g/mol. The molecule has 0 aliphatic heterocycles. The van der Waals surface area contributed by atoms with Crippen LogP contribution < -0.4 is 0 Å². The van der Waals surface area contributed by atoms with Gasteiger partial charge in [-0.25, -0.2) is 0 Å². The van der Waals surface area contributed by atoms with E-state index in [0.717, 1.165) is 5.57 Å². The van der Waals surface area contributed by atoms with Gasteiger partial charge in [0.05, 0.1) is 16.4 Å². The van der Waals surface area contributed by atoms with Gasteiger partial charge in [0, 0.05) is 5.92 Å². The largest absolute Gasteiger partial charge is 0.510 e. The molecule has 1 unspecified atom stereocenters. The molecule has 0 aromatic heterocycles. The monoisotopic (exact) mass is 416 g/mol. The van der Waals surface area contributed by atoms with Crippen molar-refractivity contribution in [3.05, 3.63) is 23.0 Å². The van der Waals surface area contributed by atoms with E-state index in [-0.39, 0.29) is 41.8 Å². The molecule has 0 amide bonds. The van der Waals surface area contributed by atoms with E-state index in [0.29, 0.717) is 6.42 Å². The van der Waals surface area contributed by atoms with Crippen LogP contribution in [0.3, 0.4) is 0 Å². The highest BCUT2D eigenvalue weighted by atomic mass is 16.3. The predicted molar refractivity (Wildman–Crippen MR) is 115 cm³/mol. The van der Waals surface area contributed by atoms with E-state index in [4.69, 9.17) is 0 Å². The zero-order valence-corrected chi connectivity index (χ0v) is 19.5. The van der Waals surface area contributed by atoms with E-state index >= 15 is 0 Å². The van der Waals surface area contributed by atoms with Crippen molar-refractivity contribution in [3.8, 4) is 0 Å². The van der Waals surface area contributed by atoms with Gasteiger partial charge >= 0.3 is 0 Å². The number of hydrogen-bond donors (Lipinski definition) is 2. The first-order chi connectivity index (χ1) is 13.5. The molecule has 30 heavy (non-hydrogen) atoms. The minimum absolute atomic E-state index is 0.179. The third-order valence-corrected chi connectivity index (χ3v) is 8.11. The lowest BCUT2D eigenvalue weighted by atomic mass is 9.62. The van der Waals surface area contributed by atoms with E-state index < -0.39 is 39.3 Å². The summed E-state index contributed by atoms with van der Waals surface area (Å²) in [5, 5.41) is 22.1. The molecular formula is C25H36O5. The lowest BCUT2D eigenvalue weighted by Gasteiger charge is -2.41. The van der Waals surface area contributed by atoms with Gasteiger partial charge in [-0.2, -0.15) is 0 Å². The first-order valence-corrected chi connectivity index (χ1v) is 11.0. The van der Waals surface area contributed by atoms with Crippen molar-refractivity contribution in [1.29, 1.82) is 0 Å². The van der Waals surface area contributed by atoms with Crippen LogP contribution in [-0.2, 0) is 14.4 Å². The number of rotatable bonds is 5. The van der Waals surface area contributed by atoms with Crippen molar-refractivity contribution in [3.63, 3.8) is 0 Å². The van der Waals surface area contributed by atoms with Crippen molar-refractivity contribution >= 4 is 17.3 Å². The molecule has 1 spiro atoms. The molecule has 0 radical (unpaired) electrons. The maximum Gasteiger partial charge on any atom is 0.183 e. The van der Waals surface area contributed by atoms with Crippen LogP contribution in [0, 0.1) is 34.0 Å². The van der Waals surface area contributed by atoms with Crippen LogP contribution in [-0.4, -0.2) is 33.2 Å². The summed E-state index contributed by atoms with van der Waals surface area (Å²) in [7, 11) is 0. The maximum absolute atomic E-state index is 14.0.